The third-order valence-corrected chi connectivity index (χ3v) is 3.60. The number of aryl methyl sites for hydroxylation is 2. The molecule has 2 rings (SSSR count). The van der Waals surface area contributed by atoms with Crippen LogP contribution in [-0.4, -0.2) is 0 Å². The molecule has 0 heterocycles. The van der Waals surface area contributed by atoms with Crippen LogP contribution in [0, 0.1) is 0 Å². The van der Waals surface area contributed by atoms with E-state index >= 15 is 0 Å². The summed E-state index contributed by atoms with van der Waals surface area (Å²) >= 11 is 0. The maximum absolute atomic E-state index is 2.34. The number of rotatable bonds is 6. The monoisotopic (exact) mass is 312 g/mol. The largest absolute Gasteiger partial charge is 0.748 e. The first-order chi connectivity index (χ1) is 9.33. The van der Waals surface area contributed by atoms with Gasteiger partial charge in [-0.25, -0.2) is 6.07 Å². The van der Waals surface area contributed by atoms with Crippen LogP contribution in [0.15, 0.2) is 42.5 Å². The average molecular weight is 312 g/mol. The van der Waals surface area contributed by atoms with Crippen molar-refractivity contribution >= 4 is 0 Å². The Morgan fingerprint density at radius 2 is 1.50 bits per heavy atom. The molecule has 0 bridgehead atoms. The van der Waals surface area contributed by atoms with Crippen molar-refractivity contribution in [2.45, 2.75) is 59.3 Å². The number of unbranched alkanes of at least 4 members (excludes halogenated alkanes) is 2. The molecule has 0 aliphatic rings. The molecule has 0 fully saturated rings. The Morgan fingerprint density at radius 3 is 1.95 bits per heavy atom. The van der Waals surface area contributed by atoms with Crippen LogP contribution in [0.25, 0.3) is 0 Å². The molecule has 0 saturated heterocycles. The van der Waals surface area contributed by atoms with E-state index in [1.54, 1.807) is 16.7 Å². The standard InChI is InChI=1S/C14H23.C5H5.Fe/c1-4-7-8-9-13-11-10-12(5-2)14(13)6-3;1-2-4-5-3-1;/h10-11H,4-9H2,1-3H3;1-5H;/q-1;-5;. The van der Waals surface area contributed by atoms with Gasteiger partial charge in [-0.05, 0) is 0 Å². The molecule has 0 saturated carbocycles. The second-order valence-electron chi connectivity index (χ2n) is 4.99. The molecule has 0 aliphatic heterocycles. The van der Waals surface area contributed by atoms with Gasteiger partial charge in [0.1, 0.15) is 0 Å². The number of hydrogen-bond donors (Lipinski definition) is 0. The van der Waals surface area contributed by atoms with Gasteiger partial charge < -0.3 is 30.3 Å². The average Bonchev–Trinajstić information content (AvgIpc) is 3.11. The predicted octanol–water partition coefficient (Wildman–Crippen LogP) is 5.67. The van der Waals surface area contributed by atoms with Crippen LogP contribution in [0.2, 0.25) is 0 Å². The van der Waals surface area contributed by atoms with E-state index < -0.39 is 0 Å². The zero-order chi connectivity index (χ0) is 13.9. The van der Waals surface area contributed by atoms with Crippen molar-refractivity contribution in [1.29, 1.82) is 0 Å². The van der Waals surface area contributed by atoms with Crippen molar-refractivity contribution in [1.82, 2.24) is 0 Å². The summed E-state index contributed by atoms with van der Waals surface area (Å²) in [5.74, 6) is 0. The molecule has 2 aromatic rings. The molecular formula is C19H28Fe-6. The van der Waals surface area contributed by atoms with E-state index in [1.165, 1.54) is 38.5 Å². The molecular weight excluding hydrogens is 284 g/mol. The minimum Gasteiger partial charge on any atom is -0.748 e. The van der Waals surface area contributed by atoms with Crippen molar-refractivity contribution in [2.24, 2.45) is 0 Å². The summed E-state index contributed by atoms with van der Waals surface area (Å²) in [6, 6.07) is 14.7. The van der Waals surface area contributed by atoms with Crippen molar-refractivity contribution in [3.05, 3.63) is 59.2 Å². The van der Waals surface area contributed by atoms with Crippen molar-refractivity contribution in [3.63, 3.8) is 0 Å². The third-order valence-electron chi connectivity index (χ3n) is 3.60. The molecule has 2 aromatic carbocycles. The van der Waals surface area contributed by atoms with Gasteiger partial charge in [0.15, 0.2) is 0 Å². The quantitative estimate of drug-likeness (QED) is 0.366. The Balaban J connectivity index is 0.000000507. The fourth-order valence-corrected chi connectivity index (χ4v) is 2.51. The van der Waals surface area contributed by atoms with Gasteiger partial charge in [-0.15, -0.1) is 0 Å². The Bertz CT molecular complexity index is 392. The molecule has 118 valence electrons. The fraction of sp³-hybridized carbons (Fsp3) is 0.474. The van der Waals surface area contributed by atoms with Crippen molar-refractivity contribution < 1.29 is 17.1 Å². The van der Waals surface area contributed by atoms with Gasteiger partial charge in [-0.2, -0.15) is 22.8 Å². The minimum absolute atomic E-state index is 0. The predicted molar refractivity (Wildman–Crippen MR) is 86.1 cm³/mol. The van der Waals surface area contributed by atoms with Crippen LogP contribution in [0.4, 0.5) is 0 Å². The first kappa shape index (κ1) is 19.2. The molecule has 0 nitrogen and oxygen atoms in total. The maximum atomic E-state index is 2.34. The van der Waals surface area contributed by atoms with Crippen LogP contribution in [-0.2, 0) is 36.3 Å². The van der Waals surface area contributed by atoms with E-state index in [-0.39, 0.29) is 17.1 Å². The topological polar surface area (TPSA) is 0 Å². The molecule has 0 unspecified atom stereocenters. The van der Waals surface area contributed by atoms with Crippen LogP contribution in [0.1, 0.15) is 56.7 Å². The van der Waals surface area contributed by atoms with Crippen molar-refractivity contribution in [2.75, 3.05) is 0 Å². The van der Waals surface area contributed by atoms with Crippen LogP contribution in [0.3, 0.4) is 0 Å². The molecule has 0 aromatic heterocycles. The first-order valence-electron chi connectivity index (χ1n) is 7.76. The summed E-state index contributed by atoms with van der Waals surface area (Å²) in [5.41, 5.74) is 4.81. The summed E-state index contributed by atoms with van der Waals surface area (Å²) in [4.78, 5) is 0. The van der Waals surface area contributed by atoms with E-state index in [9.17, 15) is 0 Å². The maximum Gasteiger partial charge on any atom is 0 e. The van der Waals surface area contributed by atoms with Gasteiger partial charge in [-0.1, -0.05) is 59.3 Å². The fourth-order valence-electron chi connectivity index (χ4n) is 2.51. The second-order valence-corrected chi connectivity index (χ2v) is 4.99. The second kappa shape index (κ2) is 12.0. The Kier molecular flexibility index (Phi) is 11.5. The first-order valence-corrected chi connectivity index (χ1v) is 7.76. The van der Waals surface area contributed by atoms with E-state index in [0.29, 0.717) is 0 Å². The van der Waals surface area contributed by atoms with Gasteiger partial charge in [0.05, 0.1) is 0 Å². The molecule has 0 radical (unpaired) electrons. The summed E-state index contributed by atoms with van der Waals surface area (Å²) in [5, 5.41) is 0. The molecule has 0 N–H and O–H groups in total. The van der Waals surface area contributed by atoms with E-state index in [2.05, 4.69) is 32.9 Å². The normalized spacial score (nSPS) is 9.55. The van der Waals surface area contributed by atoms with Crippen LogP contribution in [0.5, 0.6) is 0 Å². The summed E-state index contributed by atoms with van der Waals surface area (Å²) in [6.07, 6.45) is 7.74. The summed E-state index contributed by atoms with van der Waals surface area (Å²) < 4.78 is 0. The Labute approximate surface area is 135 Å². The van der Waals surface area contributed by atoms with Crippen LogP contribution >= 0.6 is 0 Å². The third kappa shape index (κ3) is 6.59. The molecule has 0 spiro atoms. The van der Waals surface area contributed by atoms with E-state index in [4.69, 9.17) is 0 Å². The molecule has 0 atom stereocenters. The van der Waals surface area contributed by atoms with Gasteiger partial charge in [0.25, 0.3) is 0 Å². The van der Waals surface area contributed by atoms with Crippen LogP contribution < -0.4 is 0 Å². The SMILES string of the molecule is CCCCC[c-]1ccc(CC)c1CC.[Fe].[cH-]1[cH-][cH-][cH-][cH-]1. The zero-order valence-electron chi connectivity index (χ0n) is 13.1. The summed E-state index contributed by atoms with van der Waals surface area (Å²) in [6.45, 7) is 6.80. The molecule has 0 amide bonds. The van der Waals surface area contributed by atoms with Crippen molar-refractivity contribution in [3.8, 4) is 0 Å². The smallest absolute Gasteiger partial charge is 0 e. The molecule has 1 heteroatoms. The molecule has 0 aliphatic carbocycles. The Morgan fingerprint density at radius 1 is 0.900 bits per heavy atom. The van der Waals surface area contributed by atoms with Gasteiger partial charge in [-0.3, -0.25) is 0 Å². The van der Waals surface area contributed by atoms with E-state index in [0.717, 1.165) is 0 Å². The molecule has 20 heavy (non-hydrogen) atoms. The minimum atomic E-state index is 0. The Hall–Kier alpha value is -0.781. The van der Waals surface area contributed by atoms with E-state index in [1.807, 2.05) is 30.3 Å². The van der Waals surface area contributed by atoms with Gasteiger partial charge >= 0.3 is 0 Å². The zero-order valence-corrected chi connectivity index (χ0v) is 14.2. The summed E-state index contributed by atoms with van der Waals surface area (Å²) in [7, 11) is 0. The number of hydrogen-bond acceptors (Lipinski definition) is 0. The van der Waals surface area contributed by atoms with Gasteiger partial charge in [0, 0.05) is 17.1 Å². The van der Waals surface area contributed by atoms with Gasteiger partial charge in [0.2, 0.25) is 0 Å².